The van der Waals surface area contributed by atoms with E-state index in [0.29, 0.717) is 12.5 Å². The number of nitrogens with zero attached hydrogens (tertiary/aromatic N) is 2. The van der Waals surface area contributed by atoms with Gasteiger partial charge in [0.15, 0.2) is 0 Å². The number of carboxylic acids is 1. The number of carbonyl (C=O) groups is 1. The monoisotopic (exact) mass is 286 g/mol. The van der Waals surface area contributed by atoms with Crippen molar-refractivity contribution in [2.75, 3.05) is 18.5 Å². The predicted octanol–water partition coefficient (Wildman–Crippen LogP) is 1.64. The highest BCUT2D eigenvalue weighted by Gasteiger charge is 2.24. The van der Waals surface area contributed by atoms with Crippen LogP contribution in [0.5, 0.6) is 0 Å². The number of halogens is 1. The van der Waals surface area contributed by atoms with E-state index in [9.17, 15) is 24.4 Å². The van der Waals surface area contributed by atoms with Gasteiger partial charge in [0.2, 0.25) is 0 Å². The van der Waals surface area contributed by atoms with Gasteiger partial charge in [0.05, 0.1) is 11.0 Å². The number of rotatable bonds is 6. The van der Waals surface area contributed by atoms with E-state index in [4.69, 9.17) is 5.11 Å². The molecule has 0 aliphatic rings. The lowest BCUT2D eigenvalue weighted by Gasteiger charge is -2.20. The SMILES string of the molecule is CC(O)CCN(C)c1cc(F)c(C(=O)O)cc1[N+](=O)[O-]. The van der Waals surface area contributed by atoms with E-state index in [1.807, 2.05) is 0 Å². The standard InChI is InChI=1S/C12H15FN2O5/c1-7(16)3-4-14(2)10-6-9(13)8(12(17)18)5-11(10)15(19)20/h5-7,16H,3-4H2,1-2H3,(H,17,18). The van der Waals surface area contributed by atoms with Gasteiger partial charge in [-0.25, -0.2) is 9.18 Å². The van der Waals surface area contributed by atoms with Crippen LogP contribution < -0.4 is 4.90 Å². The average molecular weight is 286 g/mol. The van der Waals surface area contributed by atoms with Gasteiger partial charge in [-0.2, -0.15) is 0 Å². The molecule has 0 aliphatic carbocycles. The van der Waals surface area contributed by atoms with E-state index in [-0.39, 0.29) is 12.2 Å². The topological polar surface area (TPSA) is 104 Å². The molecule has 0 aliphatic heterocycles. The quantitative estimate of drug-likeness (QED) is 0.608. The van der Waals surface area contributed by atoms with Gasteiger partial charge in [-0.05, 0) is 13.3 Å². The number of nitro groups is 1. The van der Waals surface area contributed by atoms with Crippen LogP contribution in [-0.2, 0) is 0 Å². The van der Waals surface area contributed by atoms with Crippen LogP contribution in [0.15, 0.2) is 12.1 Å². The Morgan fingerprint density at radius 2 is 2.15 bits per heavy atom. The predicted molar refractivity (Wildman–Crippen MR) is 69.6 cm³/mol. The molecule has 0 amide bonds. The molecule has 0 saturated heterocycles. The summed E-state index contributed by atoms with van der Waals surface area (Å²) in [6, 6.07) is 1.52. The van der Waals surface area contributed by atoms with Gasteiger partial charge in [-0.1, -0.05) is 0 Å². The van der Waals surface area contributed by atoms with E-state index in [0.717, 1.165) is 6.07 Å². The number of nitro benzene ring substituents is 1. The number of carboxylic acid groups (broad SMARTS) is 1. The number of aliphatic hydroxyl groups excluding tert-OH is 1. The van der Waals surface area contributed by atoms with Crippen molar-refractivity contribution >= 4 is 17.3 Å². The number of hydrogen-bond acceptors (Lipinski definition) is 5. The van der Waals surface area contributed by atoms with Crippen LogP contribution in [0.1, 0.15) is 23.7 Å². The third-order valence-corrected chi connectivity index (χ3v) is 2.78. The first-order valence-corrected chi connectivity index (χ1v) is 5.84. The van der Waals surface area contributed by atoms with Gasteiger partial charge < -0.3 is 15.1 Å². The number of hydrogen-bond donors (Lipinski definition) is 2. The highest BCUT2D eigenvalue weighted by Crippen LogP contribution is 2.30. The summed E-state index contributed by atoms with van der Waals surface area (Å²) in [5, 5.41) is 28.9. The second-order valence-corrected chi connectivity index (χ2v) is 4.44. The minimum Gasteiger partial charge on any atom is -0.478 e. The molecule has 0 radical (unpaired) electrons. The molecule has 8 heteroatoms. The molecule has 0 aromatic heterocycles. The molecule has 0 saturated carbocycles. The summed E-state index contributed by atoms with van der Waals surface area (Å²) in [5.41, 5.74) is -1.26. The fourth-order valence-electron chi connectivity index (χ4n) is 1.67. The smallest absolute Gasteiger partial charge is 0.338 e. The normalized spacial score (nSPS) is 12.0. The Hall–Kier alpha value is -2.22. The largest absolute Gasteiger partial charge is 0.478 e. The Labute approximate surface area is 114 Å². The van der Waals surface area contributed by atoms with Crippen LogP contribution in [0.2, 0.25) is 0 Å². The molecule has 1 aromatic rings. The highest BCUT2D eigenvalue weighted by molar-refractivity contribution is 5.90. The molecule has 0 fully saturated rings. The fourth-order valence-corrected chi connectivity index (χ4v) is 1.67. The minimum absolute atomic E-state index is 0.0295. The minimum atomic E-state index is -1.57. The van der Waals surface area contributed by atoms with Crippen molar-refractivity contribution < 1.29 is 24.3 Å². The van der Waals surface area contributed by atoms with E-state index >= 15 is 0 Å². The summed E-state index contributed by atoms with van der Waals surface area (Å²) in [7, 11) is 1.50. The molecule has 0 heterocycles. The molecular formula is C12H15FN2O5. The van der Waals surface area contributed by atoms with E-state index in [1.165, 1.54) is 11.9 Å². The number of aromatic carboxylic acids is 1. The molecule has 1 unspecified atom stereocenters. The van der Waals surface area contributed by atoms with Crippen molar-refractivity contribution in [3.63, 3.8) is 0 Å². The number of anilines is 1. The van der Waals surface area contributed by atoms with Crippen LogP contribution in [0.25, 0.3) is 0 Å². The first kappa shape index (κ1) is 15.8. The molecule has 1 aromatic carbocycles. The number of aliphatic hydroxyl groups is 1. The second-order valence-electron chi connectivity index (χ2n) is 4.44. The number of benzene rings is 1. The maximum Gasteiger partial charge on any atom is 0.338 e. The molecule has 7 nitrogen and oxygen atoms in total. The maximum absolute atomic E-state index is 13.6. The van der Waals surface area contributed by atoms with Crippen molar-refractivity contribution in [3.05, 3.63) is 33.6 Å². The van der Waals surface area contributed by atoms with Crippen molar-refractivity contribution in [2.24, 2.45) is 0 Å². The second kappa shape index (κ2) is 6.29. The summed E-state index contributed by atoms with van der Waals surface area (Å²) in [4.78, 5) is 22.4. The van der Waals surface area contributed by atoms with Gasteiger partial charge in [0, 0.05) is 25.7 Å². The van der Waals surface area contributed by atoms with Gasteiger partial charge in [0.25, 0.3) is 5.69 Å². The van der Waals surface area contributed by atoms with Crippen molar-refractivity contribution in [1.29, 1.82) is 0 Å². The molecule has 110 valence electrons. The zero-order chi connectivity index (χ0) is 15.4. The van der Waals surface area contributed by atoms with E-state index in [1.54, 1.807) is 6.92 Å². The molecular weight excluding hydrogens is 271 g/mol. The Morgan fingerprint density at radius 3 is 2.60 bits per heavy atom. The Balaban J connectivity index is 3.21. The van der Waals surface area contributed by atoms with Crippen LogP contribution in [0.3, 0.4) is 0 Å². The van der Waals surface area contributed by atoms with Gasteiger partial charge in [-0.3, -0.25) is 10.1 Å². The molecule has 1 rings (SSSR count). The summed E-state index contributed by atoms with van der Waals surface area (Å²) in [6.07, 6.45) is -0.254. The lowest BCUT2D eigenvalue weighted by atomic mass is 10.1. The lowest BCUT2D eigenvalue weighted by Crippen LogP contribution is -2.23. The van der Waals surface area contributed by atoms with E-state index in [2.05, 4.69) is 0 Å². The van der Waals surface area contributed by atoms with Gasteiger partial charge >= 0.3 is 5.97 Å². The summed E-state index contributed by atoms with van der Waals surface area (Å²) < 4.78 is 13.6. The third-order valence-electron chi connectivity index (χ3n) is 2.78. The molecule has 0 bridgehead atoms. The summed E-state index contributed by atoms with van der Waals surface area (Å²) in [6.45, 7) is 1.83. The summed E-state index contributed by atoms with van der Waals surface area (Å²) in [5.74, 6) is -2.61. The zero-order valence-electron chi connectivity index (χ0n) is 11.0. The molecule has 0 spiro atoms. The van der Waals surface area contributed by atoms with Crippen molar-refractivity contribution in [2.45, 2.75) is 19.4 Å². The fraction of sp³-hybridized carbons (Fsp3) is 0.417. The Morgan fingerprint density at radius 1 is 1.55 bits per heavy atom. The summed E-state index contributed by atoms with van der Waals surface area (Å²) >= 11 is 0. The maximum atomic E-state index is 13.6. The first-order valence-electron chi connectivity index (χ1n) is 5.84. The van der Waals surface area contributed by atoms with Crippen LogP contribution in [0, 0.1) is 15.9 Å². The van der Waals surface area contributed by atoms with Crippen molar-refractivity contribution in [1.82, 2.24) is 0 Å². The van der Waals surface area contributed by atoms with Gasteiger partial charge in [0.1, 0.15) is 17.1 Å². The molecule has 1 atom stereocenters. The van der Waals surface area contributed by atoms with Crippen LogP contribution >= 0.6 is 0 Å². The van der Waals surface area contributed by atoms with Gasteiger partial charge in [-0.15, -0.1) is 0 Å². The highest BCUT2D eigenvalue weighted by atomic mass is 19.1. The Bertz CT molecular complexity index is 533. The third kappa shape index (κ3) is 3.64. The van der Waals surface area contributed by atoms with Crippen LogP contribution in [-0.4, -0.2) is 40.8 Å². The van der Waals surface area contributed by atoms with Crippen molar-refractivity contribution in [3.8, 4) is 0 Å². The molecule has 20 heavy (non-hydrogen) atoms. The zero-order valence-corrected chi connectivity index (χ0v) is 11.0. The Kier molecular flexibility index (Phi) is 4.98. The lowest BCUT2D eigenvalue weighted by molar-refractivity contribution is -0.384. The first-order chi connectivity index (χ1) is 9.23. The molecule has 2 N–H and O–H groups in total. The van der Waals surface area contributed by atoms with E-state index < -0.39 is 34.1 Å². The average Bonchev–Trinajstić information content (AvgIpc) is 2.34. The van der Waals surface area contributed by atoms with Crippen LogP contribution in [0.4, 0.5) is 15.8 Å².